The average Bonchev–Trinajstić information content (AvgIpc) is 2.52. The van der Waals surface area contributed by atoms with Crippen LogP contribution in [0.2, 0.25) is 0 Å². The Labute approximate surface area is 139 Å². The molecule has 1 atom stereocenters. The number of nitrogens with zero attached hydrogens (tertiary/aromatic N) is 1. The Morgan fingerprint density at radius 1 is 1.26 bits per heavy atom. The normalized spacial score (nSPS) is 18.6. The van der Waals surface area contributed by atoms with Crippen molar-refractivity contribution in [1.82, 2.24) is 10.2 Å². The lowest BCUT2D eigenvalue weighted by Gasteiger charge is -2.35. The molecule has 0 aromatic heterocycles. The Bertz CT molecular complexity index is 632. The zero-order chi connectivity index (χ0) is 17.0. The number of rotatable bonds is 5. The Balaban J connectivity index is 1.87. The second-order valence-electron chi connectivity index (χ2n) is 6.57. The molecule has 128 valence electrons. The Kier molecular flexibility index (Phi) is 5.81. The summed E-state index contributed by atoms with van der Waals surface area (Å²) in [5.74, 6) is 0.628. The zero-order valence-electron chi connectivity index (χ0n) is 14.1. The van der Waals surface area contributed by atoms with E-state index in [0.717, 1.165) is 25.3 Å². The predicted molar refractivity (Wildman–Crippen MR) is 91.3 cm³/mol. The highest BCUT2D eigenvalue weighted by Crippen LogP contribution is 2.17. The van der Waals surface area contributed by atoms with Gasteiger partial charge in [0.05, 0.1) is 4.90 Å². The second kappa shape index (κ2) is 7.45. The number of amides is 1. The number of sulfone groups is 1. The number of likely N-dealkylation sites (tertiary alicyclic amines) is 1. The zero-order valence-corrected chi connectivity index (χ0v) is 14.9. The predicted octanol–water partition coefficient (Wildman–Crippen LogP) is 1.94. The maximum atomic E-state index is 12.2. The molecule has 0 bridgehead atoms. The summed E-state index contributed by atoms with van der Waals surface area (Å²) in [7, 11) is -3.23. The van der Waals surface area contributed by atoms with Gasteiger partial charge in [0.25, 0.3) is 5.91 Å². The minimum atomic E-state index is -3.23. The average molecular weight is 338 g/mol. The Hall–Kier alpha value is -1.40. The van der Waals surface area contributed by atoms with Crippen LogP contribution >= 0.6 is 0 Å². The van der Waals surface area contributed by atoms with Gasteiger partial charge in [-0.3, -0.25) is 9.69 Å². The summed E-state index contributed by atoms with van der Waals surface area (Å²) >= 11 is 0. The first kappa shape index (κ1) is 17.9. The number of benzene rings is 1. The van der Waals surface area contributed by atoms with Gasteiger partial charge in [0.1, 0.15) is 0 Å². The molecule has 1 fully saturated rings. The summed E-state index contributed by atoms with van der Waals surface area (Å²) < 4.78 is 22.8. The number of carbonyl (C=O) groups is 1. The largest absolute Gasteiger partial charge is 0.350 e. The van der Waals surface area contributed by atoms with Gasteiger partial charge < -0.3 is 5.32 Å². The van der Waals surface area contributed by atoms with Crippen molar-refractivity contribution < 1.29 is 13.2 Å². The van der Waals surface area contributed by atoms with Gasteiger partial charge in [-0.05, 0) is 63.0 Å². The number of nitrogens with one attached hydrogen (secondary N) is 1. The van der Waals surface area contributed by atoms with Crippen molar-refractivity contribution in [2.24, 2.45) is 5.92 Å². The van der Waals surface area contributed by atoms with Gasteiger partial charge in [0, 0.05) is 24.4 Å². The number of piperidine rings is 1. The van der Waals surface area contributed by atoms with E-state index in [1.807, 2.05) is 0 Å². The van der Waals surface area contributed by atoms with Gasteiger partial charge in [0.2, 0.25) is 0 Å². The van der Waals surface area contributed by atoms with Crippen LogP contribution in [0.4, 0.5) is 0 Å². The molecule has 1 saturated heterocycles. The molecule has 1 heterocycles. The molecule has 5 nitrogen and oxygen atoms in total. The number of hydrogen-bond donors (Lipinski definition) is 1. The first-order chi connectivity index (χ1) is 10.8. The van der Waals surface area contributed by atoms with Crippen molar-refractivity contribution in [3.8, 4) is 0 Å². The molecule has 0 aliphatic carbocycles. The second-order valence-corrected chi connectivity index (χ2v) is 8.59. The van der Waals surface area contributed by atoms with Crippen LogP contribution in [0.5, 0.6) is 0 Å². The summed E-state index contributed by atoms with van der Waals surface area (Å²) in [6, 6.07) is 6.36. The highest BCUT2D eigenvalue weighted by atomic mass is 32.2. The fraction of sp³-hybridized carbons (Fsp3) is 0.588. The molecule has 1 aromatic rings. The van der Waals surface area contributed by atoms with E-state index in [1.54, 1.807) is 12.1 Å². The fourth-order valence-electron chi connectivity index (χ4n) is 2.79. The summed E-state index contributed by atoms with van der Waals surface area (Å²) in [4.78, 5) is 14.8. The van der Waals surface area contributed by atoms with Crippen LogP contribution in [0.25, 0.3) is 0 Å². The lowest BCUT2D eigenvalue weighted by Crippen LogP contribution is -2.45. The molecule has 0 radical (unpaired) electrons. The number of carbonyl (C=O) groups excluding carboxylic acids is 1. The highest BCUT2D eigenvalue weighted by molar-refractivity contribution is 7.90. The molecule has 0 spiro atoms. The van der Waals surface area contributed by atoms with Crippen molar-refractivity contribution >= 4 is 15.7 Å². The van der Waals surface area contributed by atoms with E-state index in [0.29, 0.717) is 18.2 Å². The van der Waals surface area contributed by atoms with Crippen LogP contribution in [-0.2, 0) is 9.84 Å². The van der Waals surface area contributed by atoms with Crippen LogP contribution in [0.3, 0.4) is 0 Å². The molecule has 1 N–H and O–H groups in total. The van der Waals surface area contributed by atoms with Crippen molar-refractivity contribution in [1.29, 1.82) is 0 Å². The first-order valence-electron chi connectivity index (χ1n) is 8.09. The number of hydrogen-bond acceptors (Lipinski definition) is 4. The minimum Gasteiger partial charge on any atom is -0.350 e. The molecular formula is C17H26N2O3S. The monoisotopic (exact) mass is 338 g/mol. The third-order valence-corrected chi connectivity index (χ3v) is 5.67. The highest BCUT2D eigenvalue weighted by Gasteiger charge is 2.20. The van der Waals surface area contributed by atoms with Gasteiger partial charge in [-0.25, -0.2) is 8.42 Å². The fourth-order valence-corrected chi connectivity index (χ4v) is 3.42. The van der Waals surface area contributed by atoms with Crippen molar-refractivity contribution in [2.75, 3.05) is 25.9 Å². The van der Waals surface area contributed by atoms with Gasteiger partial charge >= 0.3 is 0 Å². The van der Waals surface area contributed by atoms with E-state index in [4.69, 9.17) is 0 Å². The molecule has 1 aliphatic rings. The lowest BCUT2D eigenvalue weighted by molar-refractivity contribution is 0.0921. The van der Waals surface area contributed by atoms with E-state index in [-0.39, 0.29) is 10.8 Å². The van der Waals surface area contributed by atoms with Gasteiger partial charge in [-0.1, -0.05) is 6.92 Å². The van der Waals surface area contributed by atoms with E-state index in [9.17, 15) is 13.2 Å². The molecule has 2 rings (SSSR count). The topological polar surface area (TPSA) is 66.5 Å². The van der Waals surface area contributed by atoms with Crippen LogP contribution < -0.4 is 5.32 Å². The first-order valence-corrected chi connectivity index (χ1v) is 9.99. The van der Waals surface area contributed by atoms with Crippen LogP contribution in [-0.4, -0.2) is 51.2 Å². The molecular weight excluding hydrogens is 312 g/mol. The Morgan fingerprint density at radius 3 is 2.35 bits per heavy atom. The summed E-state index contributed by atoms with van der Waals surface area (Å²) in [6.07, 6.45) is 3.58. The van der Waals surface area contributed by atoms with Crippen LogP contribution in [0, 0.1) is 5.92 Å². The van der Waals surface area contributed by atoms with Crippen molar-refractivity contribution in [3.63, 3.8) is 0 Å². The van der Waals surface area contributed by atoms with Crippen LogP contribution in [0.1, 0.15) is 37.0 Å². The molecule has 0 unspecified atom stereocenters. The van der Waals surface area contributed by atoms with Crippen molar-refractivity contribution in [2.45, 2.75) is 37.6 Å². The maximum Gasteiger partial charge on any atom is 0.251 e. The third-order valence-electron chi connectivity index (χ3n) is 4.54. The third kappa shape index (κ3) is 5.04. The summed E-state index contributed by atoms with van der Waals surface area (Å²) in [6.45, 7) is 7.18. The quantitative estimate of drug-likeness (QED) is 0.891. The van der Waals surface area contributed by atoms with Gasteiger partial charge in [-0.2, -0.15) is 0 Å². The smallest absolute Gasteiger partial charge is 0.251 e. The van der Waals surface area contributed by atoms with Crippen molar-refractivity contribution in [3.05, 3.63) is 29.8 Å². The minimum absolute atomic E-state index is 0.165. The summed E-state index contributed by atoms with van der Waals surface area (Å²) in [5, 5.41) is 2.94. The van der Waals surface area contributed by atoms with Gasteiger partial charge in [0.15, 0.2) is 9.84 Å². The molecule has 23 heavy (non-hydrogen) atoms. The molecule has 1 aliphatic heterocycles. The molecule has 1 amide bonds. The summed E-state index contributed by atoms with van der Waals surface area (Å²) in [5.41, 5.74) is 0.483. The molecule has 1 aromatic carbocycles. The van der Waals surface area contributed by atoms with E-state index < -0.39 is 9.84 Å². The van der Waals surface area contributed by atoms with Crippen LogP contribution in [0.15, 0.2) is 29.2 Å². The van der Waals surface area contributed by atoms with Gasteiger partial charge in [-0.15, -0.1) is 0 Å². The maximum absolute atomic E-state index is 12.2. The lowest BCUT2D eigenvalue weighted by atomic mass is 9.98. The van der Waals surface area contributed by atoms with E-state index >= 15 is 0 Å². The van der Waals surface area contributed by atoms with E-state index in [2.05, 4.69) is 24.1 Å². The Morgan fingerprint density at radius 2 is 1.83 bits per heavy atom. The van der Waals surface area contributed by atoms with E-state index in [1.165, 1.54) is 25.0 Å². The molecule has 0 saturated carbocycles. The standard InChI is InChI=1S/C17H26N2O3S/c1-13-8-10-19(11-9-13)14(2)12-18-17(20)15-4-6-16(7-5-15)23(3,21)22/h4-7,13-14H,8-12H2,1-3H3,(H,18,20)/t14-/m1/s1. The molecule has 6 heteroatoms. The SMILES string of the molecule is CC1CCN([C@H](C)CNC(=O)c2ccc(S(C)(=O)=O)cc2)CC1.